The Hall–Kier alpha value is -0.730. The van der Waals surface area contributed by atoms with Crippen molar-refractivity contribution in [2.45, 2.75) is 26.3 Å². The lowest BCUT2D eigenvalue weighted by Crippen LogP contribution is -2.28. The van der Waals surface area contributed by atoms with Gasteiger partial charge in [-0.15, -0.1) is 0 Å². The molecule has 0 unspecified atom stereocenters. The van der Waals surface area contributed by atoms with E-state index in [2.05, 4.69) is 0 Å². The van der Waals surface area contributed by atoms with Gasteiger partial charge in [-0.2, -0.15) is 0 Å². The fraction of sp³-hybridized carbons (Fsp3) is 0.455. The minimum Gasteiger partial charge on any atom is -0.495 e. The maximum absolute atomic E-state index is 6.05. The van der Waals surface area contributed by atoms with E-state index in [1.165, 1.54) is 0 Å². The van der Waals surface area contributed by atoms with Crippen LogP contribution in [0, 0.1) is 6.92 Å². The molecule has 0 atom stereocenters. The van der Waals surface area contributed by atoms with E-state index in [0.29, 0.717) is 10.8 Å². The molecule has 0 amide bonds. The van der Waals surface area contributed by atoms with Crippen LogP contribution in [0.25, 0.3) is 0 Å². The van der Waals surface area contributed by atoms with Crippen LogP contribution in [0.2, 0.25) is 5.02 Å². The highest BCUT2D eigenvalue weighted by Crippen LogP contribution is 2.32. The molecular weight excluding hydrogens is 198 g/mol. The van der Waals surface area contributed by atoms with Gasteiger partial charge in [0.05, 0.1) is 12.1 Å². The lowest BCUT2D eigenvalue weighted by atomic mass is 9.94. The molecule has 1 aromatic rings. The summed E-state index contributed by atoms with van der Waals surface area (Å²) in [6.07, 6.45) is 0. The van der Waals surface area contributed by atoms with Crippen LogP contribution >= 0.6 is 11.6 Å². The van der Waals surface area contributed by atoms with Crippen LogP contribution in [0.15, 0.2) is 12.1 Å². The van der Waals surface area contributed by atoms with Crippen LogP contribution in [0.4, 0.5) is 0 Å². The van der Waals surface area contributed by atoms with E-state index >= 15 is 0 Å². The van der Waals surface area contributed by atoms with E-state index in [1.54, 1.807) is 7.11 Å². The molecule has 0 saturated carbocycles. The first kappa shape index (κ1) is 11.3. The first-order valence-electron chi connectivity index (χ1n) is 4.49. The van der Waals surface area contributed by atoms with Crippen molar-refractivity contribution in [3.05, 3.63) is 28.3 Å². The second kappa shape index (κ2) is 3.79. The number of rotatable bonds is 2. The van der Waals surface area contributed by atoms with Gasteiger partial charge in [0.25, 0.3) is 0 Å². The molecule has 0 spiro atoms. The normalized spacial score (nSPS) is 11.6. The molecule has 78 valence electrons. The topological polar surface area (TPSA) is 35.2 Å². The number of methoxy groups -OCH3 is 1. The molecule has 2 nitrogen and oxygen atoms in total. The van der Waals surface area contributed by atoms with Crippen molar-refractivity contribution >= 4 is 11.6 Å². The third-order valence-electron chi connectivity index (χ3n) is 2.19. The van der Waals surface area contributed by atoms with Crippen LogP contribution in [0.1, 0.15) is 25.0 Å². The second-order valence-corrected chi connectivity index (χ2v) is 4.41. The predicted octanol–water partition coefficient (Wildman–Crippen LogP) is 2.85. The average molecular weight is 214 g/mol. The summed E-state index contributed by atoms with van der Waals surface area (Å²) < 4.78 is 5.17. The first-order chi connectivity index (χ1) is 6.36. The third-order valence-corrected chi connectivity index (χ3v) is 2.67. The average Bonchev–Trinajstić information content (AvgIpc) is 2.07. The molecule has 1 aromatic carbocycles. The molecule has 0 fully saturated rings. The number of hydrogen-bond acceptors (Lipinski definition) is 2. The second-order valence-electron chi connectivity index (χ2n) is 4.03. The van der Waals surface area contributed by atoms with Gasteiger partial charge in [0, 0.05) is 5.54 Å². The molecule has 0 aliphatic heterocycles. The first-order valence-corrected chi connectivity index (χ1v) is 4.87. The predicted molar refractivity (Wildman–Crippen MR) is 60.0 cm³/mol. The van der Waals surface area contributed by atoms with Crippen molar-refractivity contribution in [3.8, 4) is 5.75 Å². The van der Waals surface area contributed by atoms with Crippen LogP contribution in [0.5, 0.6) is 5.75 Å². The van der Waals surface area contributed by atoms with Gasteiger partial charge in [-0.3, -0.25) is 0 Å². The molecule has 2 N–H and O–H groups in total. The summed E-state index contributed by atoms with van der Waals surface area (Å²) in [5.41, 5.74) is 7.64. The van der Waals surface area contributed by atoms with E-state index in [-0.39, 0.29) is 5.54 Å². The van der Waals surface area contributed by atoms with Crippen LogP contribution < -0.4 is 10.5 Å². The Kier molecular flexibility index (Phi) is 3.07. The molecular formula is C11H16ClNO. The van der Waals surface area contributed by atoms with E-state index in [4.69, 9.17) is 22.1 Å². The Labute approximate surface area is 90.0 Å². The zero-order chi connectivity index (χ0) is 10.9. The molecule has 0 saturated heterocycles. The third kappa shape index (κ3) is 2.20. The highest BCUT2D eigenvalue weighted by Gasteiger charge is 2.17. The summed E-state index contributed by atoms with van der Waals surface area (Å²) in [6, 6.07) is 3.88. The van der Waals surface area contributed by atoms with Crippen LogP contribution in [0.3, 0.4) is 0 Å². The number of halogens is 1. The molecule has 0 radical (unpaired) electrons. The summed E-state index contributed by atoms with van der Waals surface area (Å²) in [6.45, 7) is 5.85. The monoisotopic (exact) mass is 213 g/mol. The van der Waals surface area contributed by atoms with E-state index < -0.39 is 0 Å². The molecule has 14 heavy (non-hydrogen) atoms. The van der Waals surface area contributed by atoms with Gasteiger partial charge in [0.15, 0.2) is 0 Å². The van der Waals surface area contributed by atoms with Crippen molar-refractivity contribution in [1.29, 1.82) is 0 Å². The van der Waals surface area contributed by atoms with Crippen molar-refractivity contribution in [2.24, 2.45) is 5.73 Å². The van der Waals surface area contributed by atoms with Crippen molar-refractivity contribution < 1.29 is 4.74 Å². The molecule has 0 bridgehead atoms. The molecule has 0 aliphatic rings. The maximum Gasteiger partial charge on any atom is 0.138 e. The van der Waals surface area contributed by atoms with Gasteiger partial charge in [0.2, 0.25) is 0 Å². The van der Waals surface area contributed by atoms with E-state index in [1.807, 2.05) is 32.9 Å². The lowest BCUT2D eigenvalue weighted by molar-refractivity contribution is 0.412. The Morgan fingerprint density at radius 3 is 2.36 bits per heavy atom. The van der Waals surface area contributed by atoms with Gasteiger partial charge in [-0.05, 0) is 38.0 Å². The number of aryl methyl sites for hydroxylation is 1. The Bertz CT molecular complexity index is 342. The molecule has 1 rings (SSSR count). The van der Waals surface area contributed by atoms with Gasteiger partial charge in [-0.1, -0.05) is 17.7 Å². The SMILES string of the molecule is COc1cc(C(C)(C)N)cc(C)c1Cl. The van der Waals surface area contributed by atoms with Crippen molar-refractivity contribution in [3.63, 3.8) is 0 Å². The van der Waals surface area contributed by atoms with Crippen LogP contribution in [-0.4, -0.2) is 7.11 Å². The summed E-state index contributed by atoms with van der Waals surface area (Å²) in [5.74, 6) is 0.681. The Balaban J connectivity index is 3.30. The number of benzene rings is 1. The number of hydrogen-bond donors (Lipinski definition) is 1. The number of nitrogens with two attached hydrogens (primary N) is 1. The standard InChI is InChI=1S/C11H16ClNO/c1-7-5-8(11(2,3)13)6-9(14-4)10(7)12/h5-6H,13H2,1-4H3. The quantitative estimate of drug-likeness (QED) is 0.820. The Morgan fingerprint density at radius 2 is 1.93 bits per heavy atom. The van der Waals surface area contributed by atoms with Gasteiger partial charge in [0.1, 0.15) is 5.75 Å². The maximum atomic E-state index is 6.05. The van der Waals surface area contributed by atoms with Gasteiger partial charge < -0.3 is 10.5 Å². The van der Waals surface area contributed by atoms with Crippen molar-refractivity contribution in [2.75, 3.05) is 7.11 Å². The van der Waals surface area contributed by atoms with Gasteiger partial charge >= 0.3 is 0 Å². The minimum absolute atomic E-state index is 0.372. The largest absolute Gasteiger partial charge is 0.495 e. The van der Waals surface area contributed by atoms with E-state index in [0.717, 1.165) is 11.1 Å². The smallest absolute Gasteiger partial charge is 0.138 e. The summed E-state index contributed by atoms with van der Waals surface area (Å²) in [7, 11) is 1.61. The minimum atomic E-state index is -0.372. The van der Waals surface area contributed by atoms with Crippen molar-refractivity contribution in [1.82, 2.24) is 0 Å². The van der Waals surface area contributed by atoms with Gasteiger partial charge in [-0.25, -0.2) is 0 Å². The summed E-state index contributed by atoms with van der Waals surface area (Å²) in [4.78, 5) is 0. The highest BCUT2D eigenvalue weighted by atomic mass is 35.5. The molecule has 0 heterocycles. The zero-order valence-electron chi connectivity index (χ0n) is 9.02. The number of ether oxygens (including phenoxy) is 1. The highest BCUT2D eigenvalue weighted by molar-refractivity contribution is 6.32. The molecule has 0 aromatic heterocycles. The summed E-state index contributed by atoms with van der Waals surface area (Å²) in [5, 5.41) is 0.653. The lowest BCUT2D eigenvalue weighted by Gasteiger charge is -2.21. The molecule has 3 heteroatoms. The Morgan fingerprint density at radius 1 is 1.36 bits per heavy atom. The fourth-order valence-electron chi connectivity index (χ4n) is 1.26. The summed E-state index contributed by atoms with van der Waals surface area (Å²) >= 11 is 6.05. The van der Waals surface area contributed by atoms with E-state index in [9.17, 15) is 0 Å². The zero-order valence-corrected chi connectivity index (χ0v) is 9.77. The molecule has 0 aliphatic carbocycles. The van der Waals surface area contributed by atoms with Crippen LogP contribution in [-0.2, 0) is 5.54 Å². The fourth-order valence-corrected chi connectivity index (χ4v) is 1.44.